The summed E-state index contributed by atoms with van der Waals surface area (Å²) in [6, 6.07) is 0. The first-order valence-electron chi connectivity index (χ1n) is 26.2. The van der Waals surface area contributed by atoms with Gasteiger partial charge in [-0.2, -0.15) is 0 Å². The van der Waals surface area contributed by atoms with Gasteiger partial charge >= 0.3 is 5.97 Å². The largest absolute Gasteiger partial charge is 0.463 e. The molecule has 0 aromatic carbocycles. The van der Waals surface area contributed by atoms with Crippen LogP contribution in [0.15, 0.2) is 24.3 Å². The van der Waals surface area contributed by atoms with Gasteiger partial charge in [0.1, 0.15) is 19.3 Å². The zero-order chi connectivity index (χ0) is 44.4. The van der Waals surface area contributed by atoms with Crippen LogP contribution in [0.2, 0.25) is 0 Å². The highest BCUT2D eigenvalue weighted by atomic mass is 16.6. The van der Waals surface area contributed by atoms with E-state index in [-0.39, 0.29) is 25.3 Å². The molecule has 0 aromatic heterocycles. The fraction of sp³-hybridized carbons (Fsp3) is 0.906. The van der Waals surface area contributed by atoms with E-state index in [0.717, 1.165) is 56.5 Å². The van der Waals surface area contributed by atoms with Gasteiger partial charge in [0.05, 0.1) is 60.3 Å². The van der Waals surface area contributed by atoms with Crippen LogP contribution in [0.3, 0.4) is 0 Å². The van der Waals surface area contributed by atoms with Gasteiger partial charge in [-0.3, -0.25) is 4.79 Å². The van der Waals surface area contributed by atoms with Crippen molar-refractivity contribution in [2.24, 2.45) is 0 Å². The van der Waals surface area contributed by atoms with Crippen LogP contribution in [0.1, 0.15) is 219 Å². The molecule has 0 heterocycles. The summed E-state index contributed by atoms with van der Waals surface area (Å²) in [7, 11) is 4.54. The second-order valence-electron chi connectivity index (χ2n) is 18.3. The van der Waals surface area contributed by atoms with Crippen molar-refractivity contribution in [3.05, 3.63) is 24.3 Å². The summed E-state index contributed by atoms with van der Waals surface area (Å²) >= 11 is 0. The van der Waals surface area contributed by atoms with Crippen molar-refractivity contribution in [2.75, 3.05) is 86.6 Å². The number of hydrogen-bond donors (Lipinski definition) is 1. The number of hydrogen-bond acceptors (Lipinski definition) is 7. The minimum absolute atomic E-state index is 0.00716. The standard InChI is InChI=1S/C53H104NO7/c1-5-7-9-11-13-15-17-19-21-23-24-26-28-30-32-34-38-43-59-51-52(60-44-39-35-33-31-29-27-25-22-20-18-16-14-12-10-8-6-2)50-54(3,4)41-37-36-40-53(56)61-49-48-58-47-46-57-45-42-55/h19-22,52,55H,5-18,23-51H2,1-4H3/q+1/b21-19-,22-20-. The Hall–Kier alpha value is -1.29. The summed E-state index contributed by atoms with van der Waals surface area (Å²) in [5.74, 6) is -0.169. The molecule has 0 rings (SSSR count). The average molecular weight is 867 g/mol. The molecular formula is C53H104NO7+. The lowest BCUT2D eigenvalue weighted by Gasteiger charge is -2.33. The molecule has 1 N–H and O–H groups in total. The molecule has 0 aliphatic rings. The minimum atomic E-state index is -0.169. The number of unbranched alkanes of at least 4 members (excludes halogenated alkanes) is 26. The van der Waals surface area contributed by atoms with Crippen LogP contribution in [0.25, 0.3) is 0 Å². The van der Waals surface area contributed by atoms with Crippen molar-refractivity contribution in [2.45, 2.75) is 225 Å². The van der Waals surface area contributed by atoms with Gasteiger partial charge in [0.2, 0.25) is 0 Å². The molecule has 0 saturated heterocycles. The van der Waals surface area contributed by atoms with Crippen molar-refractivity contribution >= 4 is 5.97 Å². The molecule has 0 amide bonds. The SMILES string of the molecule is CCCCCCCC/C=C\CCCCCCCCCOCC(C[N+](C)(C)CCCCC(=O)OCCOCCOCCO)OCCCCCCCC/C=C\CCCCCCCC. The lowest BCUT2D eigenvalue weighted by molar-refractivity contribution is -0.893. The maximum Gasteiger partial charge on any atom is 0.305 e. The molecule has 0 spiro atoms. The number of carbonyl (C=O) groups excluding carboxylic acids is 1. The Labute approximate surface area is 379 Å². The number of quaternary nitrogens is 1. The number of allylic oxidation sites excluding steroid dienone is 4. The summed E-state index contributed by atoms with van der Waals surface area (Å²) in [5.41, 5.74) is 0. The highest BCUT2D eigenvalue weighted by molar-refractivity contribution is 5.69. The third kappa shape index (κ3) is 49.6. The van der Waals surface area contributed by atoms with Crippen LogP contribution in [0.4, 0.5) is 0 Å². The van der Waals surface area contributed by atoms with Crippen molar-refractivity contribution in [1.29, 1.82) is 0 Å². The molecule has 0 saturated carbocycles. The Morgan fingerprint density at radius 2 is 0.902 bits per heavy atom. The summed E-state index contributed by atoms with van der Waals surface area (Å²) in [4.78, 5) is 12.2. The zero-order valence-corrected chi connectivity index (χ0v) is 41.1. The predicted octanol–water partition coefficient (Wildman–Crippen LogP) is 13.7. The molecule has 1 atom stereocenters. The highest BCUT2D eigenvalue weighted by Crippen LogP contribution is 2.14. The minimum Gasteiger partial charge on any atom is -0.463 e. The van der Waals surface area contributed by atoms with Gasteiger partial charge in [0.15, 0.2) is 0 Å². The Bertz CT molecular complexity index is 926. The molecule has 0 aliphatic carbocycles. The van der Waals surface area contributed by atoms with E-state index < -0.39 is 0 Å². The Kier molecular flexibility index (Phi) is 48.7. The van der Waals surface area contributed by atoms with E-state index in [1.54, 1.807) is 0 Å². The van der Waals surface area contributed by atoms with E-state index in [2.05, 4.69) is 52.2 Å². The molecule has 0 aliphatic heterocycles. The maximum absolute atomic E-state index is 12.2. The summed E-state index contributed by atoms with van der Waals surface area (Å²) < 4.78 is 29.5. The first-order valence-corrected chi connectivity index (χ1v) is 26.2. The number of nitrogens with zero attached hydrogens (tertiary/aromatic N) is 1. The molecule has 0 fully saturated rings. The molecule has 362 valence electrons. The van der Waals surface area contributed by atoms with Crippen LogP contribution in [0, 0.1) is 0 Å². The fourth-order valence-electron chi connectivity index (χ4n) is 7.72. The quantitative estimate of drug-likeness (QED) is 0.0282. The van der Waals surface area contributed by atoms with Crippen LogP contribution >= 0.6 is 0 Å². The third-order valence-electron chi connectivity index (χ3n) is 11.6. The van der Waals surface area contributed by atoms with Gasteiger partial charge in [-0.25, -0.2) is 0 Å². The van der Waals surface area contributed by atoms with Crippen LogP contribution in [0.5, 0.6) is 0 Å². The second kappa shape index (κ2) is 49.7. The van der Waals surface area contributed by atoms with Crippen LogP contribution in [-0.4, -0.2) is 108 Å². The summed E-state index contributed by atoms with van der Waals surface area (Å²) in [6.07, 6.45) is 50.2. The lowest BCUT2D eigenvalue weighted by Crippen LogP contribution is -2.48. The van der Waals surface area contributed by atoms with Gasteiger partial charge in [-0.1, -0.05) is 160 Å². The number of carbonyl (C=O) groups is 1. The van der Waals surface area contributed by atoms with Crippen molar-refractivity contribution in [1.82, 2.24) is 0 Å². The number of aliphatic hydroxyl groups excluding tert-OH is 1. The van der Waals surface area contributed by atoms with Crippen molar-refractivity contribution in [3.63, 3.8) is 0 Å². The van der Waals surface area contributed by atoms with Crippen molar-refractivity contribution < 1.29 is 38.1 Å². The monoisotopic (exact) mass is 867 g/mol. The van der Waals surface area contributed by atoms with Gasteiger partial charge in [0, 0.05) is 19.6 Å². The third-order valence-corrected chi connectivity index (χ3v) is 11.6. The average Bonchev–Trinajstić information content (AvgIpc) is 3.25. The van der Waals surface area contributed by atoms with E-state index in [1.165, 1.54) is 173 Å². The molecule has 0 bridgehead atoms. The van der Waals surface area contributed by atoms with Gasteiger partial charge in [-0.05, 0) is 77.0 Å². The van der Waals surface area contributed by atoms with Gasteiger partial charge < -0.3 is 33.3 Å². The topological polar surface area (TPSA) is 83.5 Å². The molecular weight excluding hydrogens is 763 g/mol. The Balaban J connectivity index is 4.32. The van der Waals surface area contributed by atoms with E-state index in [0.29, 0.717) is 39.5 Å². The normalized spacial score (nSPS) is 12.7. The van der Waals surface area contributed by atoms with E-state index in [9.17, 15) is 4.79 Å². The lowest BCUT2D eigenvalue weighted by atomic mass is 10.1. The smallest absolute Gasteiger partial charge is 0.305 e. The van der Waals surface area contributed by atoms with E-state index in [4.69, 9.17) is 28.8 Å². The van der Waals surface area contributed by atoms with Crippen molar-refractivity contribution in [3.8, 4) is 0 Å². The number of esters is 1. The first kappa shape index (κ1) is 59.7. The number of ether oxygens (including phenoxy) is 5. The first-order chi connectivity index (χ1) is 29.9. The van der Waals surface area contributed by atoms with Gasteiger partial charge in [0.25, 0.3) is 0 Å². The van der Waals surface area contributed by atoms with E-state index in [1.807, 2.05) is 0 Å². The van der Waals surface area contributed by atoms with Crippen LogP contribution < -0.4 is 0 Å². The molecule has 0 aromatic rings. The molecule has 8 heteroatoms. The molecule has 8 nitrogen and oxygen atoms in total. The predicted molar refractivity (Wildman–Crippen MR) is 259 cm³/mol. The van der Waals surface area contributed by atoms with Crippen LogP contribution in [-0.2, 0) is 28.5 Å². The fourth-order valence-corrected chi connectivity index (χ4v) is 7.72. The maximum atomic E-state index is 12.2. The van der Waals surface area contributed by atoms with Gasteiger partial charge in [-0.15, -0.1) is 0 Å². The number of likely N-dealkylation sites (N-methyl/N-ethyl adjacent to an activating group) is 1. The summed E-state index contributed by atoms with van der Waals surface area (Å²) in [6.45, 7) is 10.5. The summed E-state index contributed by atoms with van der Waals surface area (Å²) in [5, 5.41) is 8.73. The number of aliphatic hydroxyl groups is 1. The zero-order valence-electron chi connectivity index (χ0n) is 41.1. The number of rotatable bonds is 51. The Morgan fingerprint density at radius 3 is 1.39 bits per heavy atom. The van der Waals surface area contributed by atoms with E-state index >= 15 is 0 Å². The highest BCUT2D eigenvalue weighted by Gasteiger charge is 2.23. The second-order valence-corrected chi connectivity index (χ2v) is 18.3. The molecule has 0 radical (unpaired) electrons. The Morgan fingerprint density at radius 1 is 0.475 bits per heavy atom. The molecule has 1 unspecified atom stereocenters. The molecule has 61 heavy (non-hydrogen) atoms.